The van der Waals surface area contributed by atoms with Crippen LogP contribution in [0.1, 0.15) is 28.5 Å². The van der Waals surface area contributed by atoms with Crippen molar-refractivity contribution in [2.24, 2.45) is 0 Å². The van der Waals surface area contributed by atoms with E-state index in [1.54, 1.807) is 6.07 Å². The number of hydrogen-bond donors (Lipinski definition) is 2. The molecule has 0 spiro atoms. The number of rotatable bonds is 7. The van der Waals surface area contributed by atoms with Gasteiger partial charge in [0.1, 0.15) is 0 Å². The van der Waals surface area contributed by atoms with E-state index in [0.717, 1.165) is 36.1 Å². The summed E-state index contributed by atoms with van der Waals surface area (Å²) in [6, 6.07) is 11.6. The minimum Gasteiger partial charge on any atom is -0.379 e. The highest BCUT2D eigenvalue weighted by molar-refractivity contribution is 5.97. The molecule has 0 atom stereocenters. The van der Waals surface area contributed by atoms with E-state index in [4.69, 9.17) is 4.74 Å². The van der Waals surface area contributed by atoms with Crippen molar-refractivity contribution in [1.29, 1.82) is 0 Å². The Kier molecular flexibility index (Phi) is 6.79. The largest absolute Gasteiger partial charge is 0.379 e. The highest BCUT2D eigenvalue weighted by Gasteiger charge is 2.16. The van der Waals surface area contributed by atoms with Crippen LogP contribution in [0.15, 0.2) is 42.5 Å². The Morgan fingerprint density at radius 2 is 1.91 bits per heavy atom. The fourth-order valence-electron chi connectivity index (χ4n) is 3.76. The predicted octanol–water partition coefficient (Wildman–Crippen LogP) is 4.46. The van der Waals surface area contributed by atoms with Crippen molar-refractivity contribution < 1.29 is 18.3 Å². The number of morpholine rings is 1. The molecule has 0 unspecified atom stereocenters. The lowest BCUT2D eigenvalue weighted by molar-refractivity contribution is 0.101. The second-order valence-corrected chi connectivity index (χ2v) is 7.84. The Labute approximate surface area is 190 Å². The topological polar surface area (TPSA) is 79.4 Å². The van der Waals surface area contributed by atoms with Gasteiger partial charge in [0.25, 0.3) is 0 Å². The smallest absolute Gasteiger partial charge is 0.182 e. The van der Waals surface area contributed by atoms with Gasteiger partial charge in [-0.1, -0.05) is 12.1 Å². The first-order chi connectivity index (χ1) is 15.9. The normalized spacial score (nSPS) is 13.6. The van der Waals surface area contributed by atoms with Crippen LogP contribution in [0.25, 0.3) is 0 Å². The fraction of sp³-hybridized carbons (Fsp3) is 0.292. The molecule has 9 heteroatoms. The summed E-state index contributed by atoms with van der Waals surface area (Å²) >= 11 is 0. The Morgan fingerprint density at radius 3 is 2.64 bits per heavy atom. The summed E-state index contributed by atoms with van der Waals surface area (Å²) in [5, 5.41) is 14.3. The summed E-state index contributed by atoms with van der Waals surface area (Å²) in [5.74, 6) is -1.72. The number of aromatic nitrogens is 2. The molecule has 0 bridgehead atoms. The van der Waals surface area contributed by atoms with Crippen molar-refractivity contribution in [3.8, 4) is 0 Å². The standard InChI is InChI=1S/C24H25F2N5O2/c1-15-12-18(6-7-21(15)31-8-10-33-11-9-31)28-22-13-20(24(16(2)32)30-29-22)27-14-17-4-3-5-19(25)23(17)26/h3-7,12-13H,8-11,14H2,1-2H3,(H2,27,28,29). The highest BCUT2D eigenvalue weighted by Crippen LogP contribution is 2.27. The molecular weight excluding hydrogens is 428 g/mol. The molecule has 2 aromatic carbocycles. The molecule has 0 aliphatic carbocycles. The van der Waals surface area contributed by atoms with Gasteiger partial charge in [-0.3, -0.25) is 4.79 Å². The second-order valence-electron chi connectivity index (χ2n) is 7.84. The van der Waals surface area contributed by atoms with Crippen molar-refractivity contribution in [1.82, 2.24) is 10.2 Å². The van der Waals surface area contributed by atoms with Gasteiger partial charge in [-0.05, 0) is 36.8 Å². The Hall–Kier alpha value is -3.59. The average molecular weight is 453 g/mol. The number of Topliss-reactive ketones (excluding diaryl/α,β-unsaturated/α-hetero) is 1. The van der Waals surface area contributed by atoms with Crippen LogP contribution in [0, 0.1) is 18.6 Å². The van der Waals surface area contributed by atoms with E-state index in [1.165, 1.54) is 19.1 Å². The number of benzene rings is 2. The number of ether oxygens (including phenoxy) is 1. The highest BCUT2D eigenvalue weighted by atomic mass is 19.2. The number of nitrogens with zero attached hydrogens (tertiary/aromatic N) is 3. The lowest BCUT2D eigenvalue weighted by Gasteiger charge is -2.30. The zero-order chi connectivity index (χ0) is 23.4. The minimum absolute atomic E-state index is 0.0115. The minimum atomic E-state index is -0.925. The number of carbonyl (C=O) groups is 1. The molecule has 3 aromatic rings. The van der Waals surface area contributed by atoms with Gasteiger partial charge in [-0.25, -0.2) is 8.78 Å². The lowest BCUT2D eigenvalue weighted by atomic mass is 10.1. The molecule has 1 fully saturated rings. The predicted molar refractivity (Wildman–Crippen MR) is 123 cm³/mol. The third kappa shape index (κ3) is 5.25. The summed E-state index contributed by atoms with van der Waals surface area (Å²) in [4.78, 5) is 14.3. The van der Waals surface area contributed by atoms with E-state index in [9.17, 15) is 13.6 Å². The number of halogens is 2. The van der Waals surface area contributed by atoms with Crippen LogP contribution in [-0.4, -0.2) is 42.3 Å². The molecule has 2 N–H and O–H groups in total. The first-order valence-corrected chi connectivity index (χ1v) is 10.7. The van der Waals surface area contributed by atoms with E-state index >= 15 is 0 Å². The molecule has 7 nitrogen and oxygen atoms in total. The van der Waals surface area contributed by atoms with Crippen LogP contribution >= 0.6 is 0 Å². The summed E-state index contributed by atoms with van der Waals surface area (Å²) in [6.07, 6.45) is 0. The van der Waals surface area contributed by atoms with E-state index in [0.29, 0.717) is 24.7 Å². The fourth-order valence-corrected chi connectivity index (χ4v) is 3.76. The number of anilines is 4. The van der Waals surface area contributed by atoms with E-state index in [2.05, 4.69) is 25.7 Å². The van der Waals surface area contributed by atoms with E-state index in [1.807, 2.05) is 25.1 Å². The third-order valence-corrected chi connectivity index (χ3v) is 5.45. The van der Waals surface area contributed by atoms with E-state index < -0.39 is 11.6 Å². The van der Waals surface area contributed by atoms with Gasteiger partial charge in [0, 0.05) is 49.6 Å². The van der Waals surface area contributed by atoms with Gasteiger partial charge in [0.05, 0.1) is 18.9 Å². The molecule has 33 heavy (non-hydrogen) atoms. The third-order valence-electron chi connectivity index (χ3n) is 5.45. The van der Waals surface area contributed by atoms with Gasteiger partial charge in [0.15, 0.2) is 28.9 Å². The van der Waals surface area contributed by atoms with Crippen LogP contribution < -0.4 is 15.5 Å². The molecule has 1 aliphatic rings. The zero-order valence-electron chi connectivity index (χ0n) is 18.5. The van der Waals surface area contributed by atoms with Gasteiger partial charge in [0.2, 0.25) is 0 Å². The molecule has 1 aliphatic heterocycles. The number of hydrogen-bond acceptors (Lipinski definition) is 7. The van der Waals surface area contributed by atoms with Crippen molar-refractivity contribution >= 4 is 28.7 Å². The van der Waals surface area contributed by atoms with Crippen molar-refractivity contribution in [2.45, 2.75) is 20.4 Å². The molecule has 2 heterocycles. The summed E-state index contributed by atoms with van der Waals surface area (Å²) < 4.78 is 32.9. The first kappa shape index (κ1) is 22.6. The monoisotopic (exact) mass is 453 g/mol. The summed E-state index contributed by atoms with van der Waals surface area (Å²) in [7, 11) is 0. The number of aryl methyl sites for hydroxylation is 1. The Morgan fingerprint density at radius 1 is 1.12 bits per heavy atom. The molecule has 1 saturated heterocycles. The SMILES string of the molecule is CC(=O)c1nnc(Nc2ccc(N3CCOCC3)c(C)c2)cc1NCc1cccc(F)c1F. The molecule has 172 valence electrons. The molecule has 0 amide bonds. The number of ketones is 1. The van der Waals surface area contributed by atoms with Crippen molar-refractivity contribution in [3.63, 3.8) is 0 Å². The van der Waals surface area contributed by atoms with Crippen LogP contribution in [0.4, 0.5) is 31.7 Å². The number of carbonyl (C=O) groups excluding carboxylic acids is 1. The maximum absolute atomic E-state index is 14.0. The quantitative estimate of drug-likeness (QED) is 0.512. The van der Waals surface area contributed by atoms with Crippen LogP contribution in [0.3, 0.4) is 0 Å². The molecule has 0 saturated carbocycles. The Balaban J connectivity index is 1.53. The summed E-state index contributed by atoms with van der Waals surface area (Å²) in [5.41, 5.74) is 3.72. The van der Waals surface area contributed by atoms with Crippen LogP contribution in [0.5, 0.6) is 0 Å². The van der Waals surface area contributed by atoms with Crippen molar-refractivity contribution in [3.05, 3.63) is 70.9 Å². The molecule has 0 radical (unpaired) electrons. The first-order valence-electron chi connectivity index (χ1n) is 10.7. The lowest BCUT2D eigenvalue weighted by Crippen LogP contribution is -2.36. The molecule has 4 rings (SSSR count). The average Bonchev–Trinajstić information content (AvgIpc) is 2.80. The molecule has 1 aromatic heterocycles. The Bertz CT molecular complexity index is 1170. The maximum Gasteiger partial charge on any atom is 0.182 e. The summed E-state index contributed by atoms with van der Waals surface area (Å²) in [6.45, 7) is 6.54. The van der Waals surface area contributed by atoms with Gasteiger partial charge in [-0.2, -0.15) is 0 Å². The zero-order valence-corrected chi connectivity index (χ0v) is 18.5. The maximum atomic E-state index is 14.0. The van der Waals surface area contributed by atoms with Crippen LogP contribution in [-0.2, 0) is 11.3 Å². The second kappa shape index (κ2) is 9.91. The van der Waals surface area contributed by atoms with Gasteiger partial charge >= 0.3 is 0 Å². The van der Waals surface area contributed by atoms with Crippen LogP contribution in [0.2, 0.25) is 0 Å². The van der Waals surface area contributed by atoms with Crippen molar-refractivity contribution in [2.75, 3.05) is 41.8 Å². The van der Waals surface area contributed by atoms with Gasteiger partial charge < -0.3 is 20.3 Å². The van der Waals surface area contributed by atoms with Gasteiger partial charge in [-0.15, -0.1) is 10.2 Å². The number of nitrogens with one attached hydrogen (secondary N) is 2. The molecular formula is C24H25F2N5O2. The van der Waals surface area contributed by atoms with E-state index in [-0.39, 0.29) is 23.6 Å².